The van der Waals surface area contributed by atoms with Crippen LogP contribution in [0.3, 0.4) is 0 Å². The third-order valence-corrected chi connectivity index (χ3v) is 1.61. The Morgan fingerprint density at radius 3 is 2.00 bits per heavy atom. The van der Waals surface area contributed by atoms with Crippen LogP contribution in [0.1, 0.15) is 0 Å². The molecule has 0 amide bonds. The van der Waals surface area contributed by atoms with Crippen LogP contribution in [0.2, 0.25) is 0 Å². The number of nitrogens with two attached hydrogens (primary N) is 2. The number of rotatable bonds is 2. The second-order valence-corrected chi connectivity index (χ2v) is 3.09. The lowest BCUT2D eigenvalue weighted by Crippen LogP contribution is -2.24. The van der Waals surface area contributed by atoms with Gasteiger partial charge in [0.2, 0.25) is 0 Å². The van der Waals surface area contributed by atoms with Crippen LogP contribution in [0, 0.1) is 27.6 Å². The fourth-order valence-corrected chi connectivity index (χ4v) is 0.776. The average Bonchev–Trinajstić information content (AvgIpc) is 2.27. The number of hydrogen-bond donors (Lipinski definition) is 3. The van der Waals surface area contributed by atoms with Gasteiger partial charge in [0.1, 0.15) is 0 Å². The number of nitrogen functional groups attached to an aromatic ring is 2. The summed E-state index contributed by atoms with van der Waals surface area (Å²) in [5.41, 5.74) is 10.3. The van der Waals surface area contributed by atoms with Crippen molar-refractivity contribution in [2.24, 2.45) is 0 Å². The Kier molecular flexibility index (Phi) is 6.51. The van der Waals surface area contributed by atoms with E-state index in [9.17, 15) is 4.91 Å². The van der Waals surface area contributed by atoms with E-state index in [1.165, 1.54) is 12.4 Å². The van der Waals surface area contributed by atoms with E-state index in [4.69, 9.17) is 22.0 Å². The molecule has 0 aliphatic rings. The van der Waals surface area contributed by atoms with Crippen molar-refractivity contribution in [1.82, 2.24) is 9.88 Å². The molecule has 1 aromatic heterocycles. The van der Waals surface area contributed by atoms with Gasteiger partial charge in [-0.15, -0.1) is 0 Å². The van der Waals surface area contributed by atoms with Crippen molar-refractivity contribution in [3.8, 4) is 12.1 Å². The minimum atomic E-state index is 0.0648. The summed E-state index contributed by atoms with van der Waals surface area (Å²) >= 11 is 0. The first-order chi connectivity index (χ1) is 8.02. The standard InChI is InChI=1S/C5H7N3.C4H7N4O/c1-8(4-2-6)5-3-7;5-3-1-7-2-4(6)8(3)9/h4-5H2,1H3;1-2H,5-6H2,(H,7,9)/q;+1. The van der Waals surface area contributed by atoms with E-state index in [2.05, 4.69) is 4.98 Å². The van der Waals surface area contributed by atoms with Gasteiger partial charge in [0.15, 0.2) is 0 Å². The molecule has 0 radical (unpaired) electrons. The Balaban J connectivity index is 0.000000304. The summed E-state index contributed by atoms with van der Waals surface area (Å²) in [6.07, 6.45) is 2.73. The molecule has 0 bridgehead atoms. The van der Waals surface area contributed by atoms with Gasteiger partial charge in [-0.2, -0.15) is 10.5 Å². The number of H-pyrrole nitrogens is 1. The maximum absolute atomic E-state index is 10.6. The molecule has 17 heavy (non-hydrogen) atoms. The molecule has 0 aliphatic heterocycles. The van der Waals surface area contributed by atoms with Crippen molar-refractivity contribution in [2.75, 3.05) is 31.6 Å². The Labute approximate surface area is 98.3 Å². The predicted molar refractivity (Wildman–Crippen MR) is 61.7 cm³/mol. The van der Waals surface area contributed by atoms with E-state index in [-0.39, 0.29) is 11.6 Å². The van der Waals surface area contributed by atoms with Crippen LogP contribution in [0.15, 0.2) is 12.4 Å². The molecule has 5 N–H and O–H groups in total. The first-order valence-corrected chi connectivity index (χ1v) is 4.60. The molecule has 0 unspecified atom stereocenters. The van der Waals surface area contributed by atoms with Crippen molar-refractivity contribution in [2.45, 2.75) is 0 Å². The minimum absolute atomic E-state index is 0.0648. The van der Waals surface area contributed by atoms with Gasteiger partial charge >= 0.3 is 0 Å². The van der Waals surface area contributed by atoms with E-state index in [0.717, 1.165) is 0 Å². The van der Waals surface area contributed by atoms with Gasteiger partial charge in [-0.05, 0) is 7.05 Å². The summed E-state index contributed by atoms with van der Waals surface area (Å²) in [7, 11) is 1.73. The number of nitrogens with zero attached hydrogens (tertiary/aromatic N) is 4. The molecule has 1 aromatic rings. The Hall–Kier alpha value is -2.58. The van der Waals surface area contributed by atoms with Crippen LogP contribution in [0.25, 0.3) is 0 Å². The molecular weight excluding hydrogens is 222 g/mol. The Bertz CT molecular complexity index is 442. The second kappa shape index (κ2) is 7.68. The van der Waals surface area contributed by atoms with Crippen LogP contribution in [-0.4, -0.2) is 30.0 Å². The molecule has 0 spiro atoms. The smallest absolute Gasteiger partial charge is 0.279 e. The number of nitrogens with one attached hydrogen (secondary N) is 1. The van der Waals surface area contributed by atoms with Gasteiger partial charge in [-0.25, -0.2) is 0 Å². The largest absolute Gasteiger partial charge is 0.357 e. The van der Waals surface area contributed by atoms with Gasteiger partial charge in [-0.1, -0.05) is 4.91 Å². The van der Waals surface area contributed by atoms with E-state index in [0.29, 0.717) is 17.5 Å². The summed E-state index contributed by atoms with van der Waals surface area (Å²) in [6.45, 7) is 0.654. The molecule has 1 heterocycles. The highest BCUT2D eigenvalue weighted by Crippen LogP contribution is 1.89. The maximum atomic E-state index is 10.6. The first kappa shape index (κ1) is 14.4. The lowest BCUT2D eigenvalue weighted by molar-refractivity contribution is -0.462. The summed E-state index contributed by atoms with van der Waals surface area (Å²) in [5, 5.41) is 16.1. The molecule has 0 atom stereocenters. The number of anilines is 2. The molecule has 0 saturated heterocycles. The van der Waals surface area contributed by atoms with Gasteiger partial charge in [0.05, 0.1) is 37.6 Å². The van der Waals surface area contributed by atoms with E-state index in [1.807, 2.05) is 12.1 Å². The zero-order valence-electron chi connectivity index (χ0n) is 9.42. The fraction of sp³-hybridized carbons (Fsp3) is 0.333. The molecule has 8 heteroatoms. The second-order valence-electron chi connectivity index (χ2n) is 3.09. The van der Waals surface area contributed by atoms with Crippen molar-refractivity contribution in [3.05, 3.63) is 17.3 Å². The summed E-state index contributed by atoms with van der Waals surface area (Å²) in [6, 6.07) is 3.85. The lowest BCUT2D eigenvalue weighted by atomic mass is 10.6. The van der Waals surface area contributed by atoms with Crippen LogP contribution >= 0.6 is 0 Å². The number of hydrogen-bond acceptors (Lipinski definition) is 6. The minimum Gasteiger partial charge on any atom is -0.357 e. The lowest BCUT2D eigenvalue weighted by Gasteiger charge is -2.03. The zero-order valence-corrected chi connectivity index (χ0v) is 9.42. The number of aromatic amines is 1. The molecule has 0 aromatic carbocycles. The molecular formula is C9H14N7O+. The third-order valence-electron chi connectivity index (χ3n) is 1.61. The van der Waals surface area contributed by atoms with E-state index in [1.54, 1.807) is 11.9 Å². The van der Waals surface area contributed by atoms with Crippen molar-refractivity contribution in [3.63, 3.8) is 0 Å². The molecule has 1 rings (SSSR count). The van der Waals surface area contributed by atoms with Crippen LogP contribution in [0.5, 0.6) is 0 Å². The van der Waals surface area contributed by atoms with Gasteiger partial charge in [0, 0.05) is 4.43 Å². The van der Waals surface area contributed by atoms with Crippen molar-refractivity contribution >= 4 is 11.6 Å². The normalized spacial score (nSPS) is 8.71. The monoisotopic (exact) mass is 236 g/mol. The highest BCUT2D eigenvalue weighted by atomic mass is 16.3. The van der Waals surface area contributed by atoms with E-state index >= 15 is 0 Å². The predicted octanol–water partition coefficient (Wildman–Crippen LogP) is -0.941. The fourth-order valence-electron chi connectivity index (χ4n) is 0.776. The van der Waals surface area contributed by atoms with Crippen molar-refractivity contribution in [1.29, 1.82) is 10.5 Å². The highest BCUT2D eigenvalue weighted by molar-refractivity contribution is 5.22. The number of nitriles is 2. The zero-order chi connectivity index (χ0) is 13.3. The topological polar surface area (TPSA) is 142 Å². The van der Waals surface area contributed by atoms with E-state index < -0.39 is 0 Å². The van der Waals surface area contributed by atoms with Crippen molar-refractivity contribution < 1.29 is 4.43 Å². The molecule has 0 fully saturated rings. The SMILES string of the molecule is CN(CC#N)CC#N.Nc1c[nH]cc(N)[n+]1=O. The van der Waals surface area contributed by atoms with Gasteiger partial charge in [0.25, 0.3) is 11.6 Å². The maximum Gasteiger partial charge on any atom is 0.279 e. The quantitative estimate of drug-likeness (QED) is 0.446. The third kappa shape index (κ3) is 5.77. The van der Waals surface area contributed by atoms with Gasteiger partial charge < -0.3 is 16.5 Å². The summed E-state index contributed by atoms with van der Waals surface area (Å²) in [5.74, 6) is 0.130. The van der Waals surface area contributed by atoms with Gasteiger partial charge in [-0.3, -0.25) is 4.90 Å². The highest BCUT2D eigenvalue weighted by Gasteiger charge is 1.99. The van der Waals surface area contributed by atoms with Crippen LogP contribution in [0.4, 0.5) is 11.6 Å². The first-order valence-electron chi connectivity index (χ1n) is 4.60. The van der Waals surface area contributed by atoms with Crippen LogP contribution < -0.4 is 15.9 Å². The number of aromatic nitrogens is 2. The molecule has 90 valence electrons. The Morgan fingerprint density at radius 1 is 1.29 bits per heavy atom. The summed E-state index contributed by atoms with van der Waals surface area (Å²) < 4.78 is 0.441. The summed E-state index contributed by atoms with van der Waals surface area (Å²) in [4.78, 5) is 14.9. The average molecular weight is 236 g/mol. The molecule has 0 aliphatic carbocycles. The Morgan fingerprint density at radius 2 is 1.71 bits per heavy atom. The van der Waals surface area contributed by atoms with Crippen LogP contribution in [-0.2, 0) is 0 Å². The molecule has 0 saturated carbocycles. The molecule has 8 nitrogen and oxygen atoms in total.